The van der Waals surface area contributed by atoms with Crippen LogP contribution in [0.15, 0.2) is 150 Å². The molecule has 0 saturated heterocycles. The zero-order valence-electron chi connectivity index (χ0n) is 21.7. The van der Waals surface area contributed by atoms with Gasteiger partial charge in [-0.1, -0.05) is 91.0 Å². The van der Waals surface area contributed by atoms with Crippen LogP contribution in [0.3, 0.4) is 0 Å². The van der Waals surface area contributed by atoms with Gasteiger partial charge in [-0.05, 0) is 70.4 Å². The number of rotatable bonds is 4. The van der Waals surface area contributed by atoms with Crippen molar-refractivity contribution in [2.24, 2.45) is 0 Å². The van der Waals surface area contributed by atoms with Crippen molar-refractivity contribution in [3.63, 3.8) is 0 Å². The summed E-state index contributed by atoms with van der Waals surface area (Å²) in [5.74, 6) is 0. The van der Waals surface area contributed by atoms with E-state index in [9.17, 15) is 0 Å². The maximum Gasteiger partial charge on any atom is 0.154 e. The van der Waals surface area contributed by atoms with Crippen molar-refractivity contribution < 1.29 is 4.42 Å². The standard InChI is InChI=1S/C37H24N2O/c1-2-11-27(12-3-1)39(28-19-17-26(18-20-28)31-15-8-10-25-9-4-5-13-30(25)31)29-21-22-34-33(23-29)37-32-14-6-7-16-35(32)40-36(37)24-38-34/h1-24H. The molecule has 0 fully saturated rings. The van der Waals surface area contributed by atoms with Gasteiger partial charge in [0, 0.05) is 33.2 Å². The van der Waals surface area contributed by atoms with Gasteiger partial charge >= 0.3 is 0 Å². The van der Waals surface area contributed by atoms with E-state index in [1.54, 1.807) is 0 Å². The second-order valence-corrected chi connectivity index (χ2v) is 10.0. The average molecular weight is 513 g/mol. The smallest absolute Gasteiger partial charge is 0.154 e. The number of fused-ring (bicyclic) bond motifs is 6. The second-order valence-electron chi connectivity index (χ2n) is 10.0. The Hall–Kier alpha value is -5.41. The van der Waals surface area contributed by atoms with Crippen molar-refractivity contribution >= 4 is 60.7 Å². The molecule has 0 saturated carbocycles. The molecule has 0 radical (unpaired) electrons. The number of aromatic nitrogens is 1. The van der Waals surface area contributed by atoms with Crippen molar-refractivity contribution in [3.8, 4) is 11.1 Å². The van der Waals surface area contributed by atoms with Crippen molar-refractivity contribution in [1.82, 2.24) is 4.98 Å². The van der Waals surface area contributed by atoms with E-state index in [2.05, 4.69) is 132 Å². The number of para-hydroxylation sites is 2. The largest absolute Gasteiger partial charge is 0.454 e. The third-order valence-electron chi connectivity index (χ3n) is 7.69. The van der Waals surface area contributed by atoms with Gasteiger partial charge in [-0.15, -0.1) is 0 Å². The topological polar surface area (TPSA) is 29.3 Å². The third kappa shape index (κ3) is 3.63. The molecule has 3 nitrogen and oxygen atoms in total. The summed E-state index contributed by atoms with van der Waals surface area (Å²) in [6.07, 6.45) is 1.83. The Balaban J connectivity index is 1.30. The lowest BCUT2D eigenvalue weighted by atomic mass is 9.98. The van der Waals surface area contributed by atoms with Crippen LogP contribution in [0.5, 0.6) is 0 Å². The number of hydrogen-bond donors (Lipinski definition) is 0. The molecular formula is C37H24N2O. The predicted molar refractivity (Wildman–Crippen MR) is 167 cm³/mol. The summed E-state index contributed by atoms with van der Waals surface area (Å²) in [7, 11) is 0. The monoisotopic (exact) mass is 512 g/mol. The quantitative estimate of drug-likeness (QED) is 0.235. The van der Waals surface area contributed by atoms with Crippen molar-refractivity contribution in [3.05, 3.63) is 146 Å². The molecule has 188 valence electrons. The van der Waals surface area contributed by atoms with E-state index in [4.69, 9.17) is 9.40 Å². The van der Waals surface area contributed by atoms with Crippen LogP contribution in [-0.2, 0) is 0 Å². The van der Waals surface area contributed by atoms with Crippen LogP contribution in [0.2, 0.25) is 0 Å². The van der Waals surface area contributed by atoms with Crippen LogP contribution >= 0.6 is 0 Å². The molecule has 0 unspecified atom stereocenters. The molecule has 0 spiro atoms. The summed E-state index contributed by atoms with van der Waals surface area (Å²) in [5, 5.41) is 5.79. The lowest BCUT2D eigenvalue weighted by Crippen LogP contribution is -2.09. The highest BCUT2D eigenvalue weighted by Crippen LogP contribution is 2.40. The van der Waals surface area contributed by atoms with Gasteiger partial charge in [-0.3, -0.25) is 4.98 Å². The molecule has 2 aromatic heterocycles. The molecule has 3 heteroatoms. The molecule has 6 aromatic carbocycles. The molecule has 0 amide bonds. The van der Waals surface area contributed by atoms with Gasteiger partial charge in [-0.25, -0.2) is 0 Å². The normalized spacial score (nSPS) is 11.5. The van der Waals surface area contributed by atoms with E-state index in [1.807, 2.05) is 18.3 Å². The van der Waals surface area contributed by atoms with Gasteiger partial charge in [0.25, 0.3) is 0 Å². The minimum atomic E-state index is 0.802. The van der Waals surface area contributed by atoms with Crippen LogP contribution in [0, 0.1) is 0 Å². The molecular weight excluding hydrogens is 488 g/mol. The Morgan fingerprint density at radius 1 is 0.500 bits per heavy atom. The molecule has 0 aliphatic carbocycles. The Morgan fingerprint density at radius 3 is 2.08 bits per heavy atom. The Kier molecular flexibility index (Phi) is 5.14. The summed E-state index contributed by atoms with van der Waals surface area (Å²) in [6, 6.07) is 49.1. The first-order chi connectivity index (χ1) is 19.8. The Morgan fingerprint density at radius 2 is 1.20 bits per heavy atom. The molecule has 0 bridgehead atoms. The number of hydrogen-bond acceptors (Lipinski definition) is 3. The first-order valence-corrected chi connectivity index (χ1v) is 13.5. The summed E-state index contributed by atoms with van der Waals surface area (Å²) in [4.78, 5) is 7.01. The number of furan rings is 1. The fourth-order valence-corrected chi connectivity index (χ4v) is 5.83. The molecule has 8 aromatic rings. The zero-order valence-corrected chi connectivity index (χ0v) is 21.7. The van der Waals surface area contributed by atoms with Gasteiger partial charge < -0.3 is 9.32 Å². The lowest BCUT2D eigenvalue weighted by Gasteiger charge is -2.26. The number of nitrogens with zero attached hydrogens (tertiary/aromatic N) is 2. The summed E-state index contributed by atoms with van der Waals surface area (Å²) >= 11 is 0. The number of anilines is 3. The lowest BCUT2D eigenvalue weighted by molar-refractivity contribution is 0.667. The first-order valence-electron chi connectivity index (χ1n) is 13.5. The number of benzene rings is 6. The van der Waals surface area contributed by atoms with Crippen LogP contribution in [-0.4, -0.2) is 4.98 Å². The maximum atomic E-state index is 6.14. The minimum absolute atomic E-state index is 0.802. The summed E-state index contributed by atoms with van der Waals surface area (Å²) in [6.45, 7) is 0. The molecule has 0 N–H and O–H groups in total. The predicted octanol–water partition coefficient (Wildman–Crippen LogP) is 10.4. The van der Waals surface area contributed by atoms with E-state index in [0.717, 1.165) is 49.9 Å². The molecule has 2 heterocycles. The Bertz CT molecular complexity index is 2160. The van der Waals surface area contributed by atoms with E-state index in [0.29, 0.717) is 0 Å². The highest BCUT2D eigenvalue weighted by atomic mass is 16.3. The van der Waals surface area contributed by atoms with Crippen LogP contribution in [0.25, 0.3) is 54.7 Å². The van der Waals surface area contributed by atoms with Gasteiger partial charge in [0.2, 0.25) is 0 Å². The Labute approximate surface area is 231 Å². The maximum absolute atomic E-state index is 6.14. The fraction of sp³-hybridized carbons (Fsp3) is 0. The van der Waals surface area contributed by atoms with E-state index < -0.39 is 0 Å². The van der Waals surface area contributed by atoms with Crippen LogP contribution in [0.1, 0.15) is 0 Å². The van der Waals surface area contributed by atoms with Crippen molar-refractivity contribution in [1.29, 1.82) is 0 Å². The molecule has 40 heavy (non-hydrogen) atoms. The van der Waals surface area contributed by atoms with Gasteiger partial charge in [0.1, 0.15) is 5.58 Å². The van der Waals surface area contributed by atoms with Crippen molar-refractivity contribution in [2.45, 2.75) is 0 Å². The molecule has 0 atom stereocenters. The highest BCUT2D eigenvalue weighted by molar-refractivity contribution is 6.18. The summed E-state index contributed by atoms with van der Waals surface area (Å²) < 4.78 is 6.14. The van der Waals surface area contributed by atoms with Gasteiger partial charge in [-0.2, -0.15) is 0 Å². The van der Waals surface area contributed by atoms with Gasteiger partial charge in [0.05, 0.1) is 11.7 Å². The molecule has 0 aliphatic heterocycles. The van der Waals surface area contributed by atoms with E-state index in [1.165, 1.54) is 21.9 Å². The van der Waals surface area contributed by atoms with E-state index in [-0.39, 0.29) is 0 Å². The van der Waals surface area contributed by atoms with Crippen LogP contribution < -0.4 is 4.90 Å². The van der Waals surface area contributed by atoms with Crippen LogP contribution in [0.4, 0.5) is 17.1 Å². The highest BCUT2D eigenvalue weighted by Gasteiger charge is 2.16. The van der Waals surface area contributed by atoms with Crippen molar-refractivity contribution in [2.75, 3.05) is 4.90 Å². The SMILES string of the molecule is c1ccc(N(c2ccc(-c3cccc4ccccc34)cc2)c2ccc3ncc4oc5ccccc5c4c3c2)cc1. The minimum Gasteiger partial charge on any atom is -0.454 e. The first kappa shape index (κ1) is 22.6. The fourth-order valence-electron chi connectivity index (χ4n) is 5.83. The second kappa shape index (κ2) is 9.11. The zero-order chi connectivity index (χ0) is 26.5. The third-order valence-corrected chi connectivity index (χ3v) is 7.69. The molecule has 0 aliphatic rings. The summed E-state index contributed by atoms with van der Waals surface area (Å²) in [5.41, 5.74) is 8.31. The van der Waals surface area contributed by atoms with Gasteiger partial charge in [0.15, 0.2) is 5.58 Å². The number of pyridine rings is 1. The average Bonchev–Trinajstić information content (AvgIpc) is 3.41. The van der Waals surface area contributed by atoms with E-state index >= 15 is 0 Å². The molecule has 8 rings (SSSR count).